The van der Waals surface area contributed by atoms with Crippen LogP contribution in [0.3, 0.4) is 0 Å². The zero-order valence-electron chi connectivity index (χ0n) is 9.83. The first-order chi connectivity index (χ1) is 8.66. The zero-order chi connectivity index (χ0) is 13.0. The molecule has 0 aromatic carbocycles. The summed E-state index contributed by atoms with van der Waals surface area (Å²) in [5.74, 6) is -0.313. The minimum absolute atomic E-state index is 0.00424. The van der Waals surface area contributed by atoms with Gasteiger partial charge in [-0.25, -0.2) is 4.79 Å². The molecule has 0 bridgehead atoms. The van der Waals surface area contributed by atoms with E-state index in [0.29, 0.717) is 12.3 Å². The molecule has 1 fully saturated rings. The van der Waals surface area contributed by atoms with Gasteiger partial charge in [0.2, 0.25) is 0 Å². The number of nitrogens with one attached hydrogen (secondary N) is 1. The maximum absolute atomic E-state index is 11.9. The van der Waals surface area contributed by atoms with Crippen molar-refractivity contribution in [2.24, 2.45) is 0 Å². The highest BCUT2D eigenvalue weighted by Crippen LogP contribution is 2.20. The van der Waals surface area contributed by atoms with Crippen molar-refractivity contribution in [1.29, 1.82) is 0 Å². The van der Waals surface area contributed by atoms with Gasteiger partial charge < -0.3 is 19.8 Å². The number of carboxylic acids is 1. The molecule has 1 aromatic heterocycles. The summed E-state index contributed by atoms with van der Waals surface area (Å²) in [7, 11) is 0. The lowest BCUT2D eigenvalue weighted by molar-refractivity contribution is -0.137. The van der Waals surface area contributed by atoms with E-state index in [0.717, 1.165) is 12.8 Å². The topological polar surface area (TPSA) is 95.7 Å². The van der Waals surface area contributed by atoms with Crippen molar-refractivity contribution in [1.82, 2.24) is 15.4 Å². The van der Waals surface area contributed by atoms with Crippen molar-refractivity contribution in [3.63, 3.8) is 0 Å². The Labute approximate surface area is 104 Å². The highest BCUT2D eigenvalue weighted by molar-refractivity contribution is 5.76. The van der Waals surface area contributed by atoms with Gasteiger partial charge in [-0.15, -0.1) is 0 Å². The number of aliphatic carboxylic acids is 1. The third kappa shape index (κ3) is 2.99. The van der Waals surface area contributed by atoms with Crippen molar-refractivity contribution in [3.8, 4) is 0 Å². The van der Waals surface area contributed by atoms with Crippen LogP contribution in [-0.4, -0.2) is 39.8 Å². The number of rotatable bonds is 4. The van der Waals surface area contributed by atoms with E-state index in [4.69, 9.17) is 9.63 Å². The van der Waals surface area contributed by atoms with E-state index in [-0.39, 0.29) is 25.0 Å². The highest BCUT2D eigenvalue weighted by atomic mass is 16.5. The molecule has 1 aliphatic heterocycles. The second kappa shape index (κ2) is 5.52. The maximum atomic E-state index is 11.9. The number of urea groups is 1. The number of carbonyl (C=O) groups excluding carboxylic acids is 1. The quantitative estimate of drug-likeness (QED) is 0.828. The van der Waals surface area contributed by atoms with E-state index >= 15 is 0 Å². The largest absolute Gasteiger partial charge is 0.481 e. The standard InChI is InChI=1S/C11H15N3O4/c15-10(16)6-8-2-1-5-14(8)11(17)12-7-9-3-4-13-18-9/h3-4,8H,1-2,5-7H2,(H,12,17)(H,15,16). The summed E-state index contributed by atoms with van der Waals surface area (Å²) < 4.78 is 4.86. The van der Waals surface area contributed by atoms with Crippen molar-refractivity contribution in [2.75, 3.05) is 6.54 Å². The third-order valence-corrected chi connectivity index (χ3v) is 2.95. The molecule has 1 aliphatic rings. The van der Waals surface area contributed by atoms with Gasteiger partial charge in [0, 0.05) is 18.7 Å². The normalized spacial score (nSPS) is 18.9. The Bertz CT molecular complexity index is 418. The Kier molecular flexibility index (Phi) is 3.81. The molecule has 1 atom stereocenters. The lowest BCUT2D eigenvalue weighted by atomic mass is 10.1. The Morgan fingerprint density at radius 2 is 2.44 bits per heavy atom. The van der Waals surface area contributed by atoms with Gasteiger partial charge in [0.15, 0.2) is 5.76 Å². The lowest BCUT2D eigenvalue weighted by Crippen LogP contribution is -2.43. The van der Waals surface area contributed by atoms with Crippen LogP contribution in [0.5, 0.6) is 0 Å². The first kappa shape index (κ1) is 12.4. The van der Waals surface area contributed by atoms with Crippen LogP contribution in [0.1, 0.15) is 25.0 Å². The molecule has 98 valence electrons. The molecule has 1 unspecified atom stereocenters. The van der Waals surface area contributed by atoms with Gasteiger partial charge in [-0.1, -0.05) is 5.16 Å². The van der Waals surface area contributed by atoms with Gasteiger partial charge in [0.25, 0.3) is 0 Å². The van der Waals surface area contributed by atoms with Gasteiger partial charge in [-0.05, 0) is 12.8 Å². The van der Waals surface area contributed by atoms with Crippen LogP contribution in [-0.2, 0) is 11.3 Å². The number of nitrogens with zero attached hydrogens (tertiary/aromatic N) is 2. The smallest absolute Gasteiger partial charge is 0.318 e. The molecule has 2 heterocycles. The van der Waals surface area contributed by atoms with Gasteiger partial charge in [-0.2, -0.15) is 0 Å². The van der Waals surface area contributed by atoms with E-state index < -0.39 is 5.97 Å². The molecular formula is C11H15N3O4. The zero-order valence-corrected chi connectivity index (χ0v) is 9.83. The molecule has 7 nitrogen and oxygen atoms in total. The SMILES string of the molecule is O=C(O)CC1CCCN1C(=O)NCc1ccno1. The van der Waals surface area contributed by atoms with Crippen LogP contribution in [0, 0.1) is 0 Å². The summed E-state index contributed by atoms with van der Waals surface area (Å²) >= 11 is 0. The van der Waals surface area contributed by atoms with Crippen LogP contribution in [0.2, 0.25) is 0 Å². The fourth-order valence-electron chi connectivity index (χ4n) is 2.11. The summed E-state index contributed by atoms with van der Waals surface area (Å²) in [6.07, 6.45) is 3.08. The van der Waals surface area contributed by atoms with Gasteiger partial charge in [-0.3, -0.25) is 4.79 Å². The molecule has 7 heteroatoms. The first-order valence-electron chi connectivity index (χ1n) is 5.82. The molecular weight excluding hydrogens is 238 g/mol. The molecule has 18 heavy (non-hydrogen) atoms. The summed E-state index contributed by atoms with van der Waals surface area (Å²) in [5, 5.41) is 15.0. The van der Waals surface area contributed by atoms with Crippen molar-refractivity contribution in [3.05, 3.63) is 18.0 Å². The molecule has 0 saturated carbocycles. The van der Waals surface area contributed by atoms with Crippen LogP contribution >= 0.6 is 0 Å². The van der Waals surface area contributed by atoms with Gasteiger partial charge in [0.1, 0.15) is 0 Å². The number of hydrogen-bond acceptors (Lipinski definition) is 4. The number of amides is 2. The average Bonchev–Trinajstić information content (AvgIpc) is 2.95. The second-order valence-corrected chi connectivity index (χ2v) is 4.22. The summed E-state index contributed by atoms with van der Waals surface area (Å²) in [4.78, 5) is 24.2. The van der Waals surface area contributed by atoms with Crippen LogP contribution in [0.25, 0.3) is 0 Å². The van der Waals surface area contributed by atoms with Gasteiger partial charge in [0.05, 0.1) is 19.2 Å². The molecule has 2 amide bonds. The Balaban J connectivity index is 1.85. The van der Waals surface area contributed by atoms with Crippen molar-refractivity contribution in [2.45, 2.75) is 31.8 Å². The average molecular weight is 253 g/mol. The summed E-state index contributed by atoms with van der Waals surface area (Å²) in [6.45, 7) is 0.856. The van der Waals surface area contributed by atoms with Crippen molar-refractivity contribution >= 4 is 12.0 Å². The van der Waals surface area contributed by atoms with Crippen LogP contribution in [0.15, 0.2) is 16.8 Å². The second-order valence-electron chi connectivity index (χ2n) is 4.22. The molecule has 2 N–H and O–H groups in total. The van der Waals surface area contributed by atoms with E-state index in [1.165, 1.54) is 6.20 Å². The maximum Gasteiger partial charge on any atom is 0.318 e. The molecule has 1 aromatic rings. The number of hydrogen-bond donors (Lipinski definition) is 2. The predicted octanol–water partition coefficient (Wildman–Crippen LogP) is 0.823. The molecule has 2 rings (SSSR count). The lowest BCUT2D eigenvalue weighted by Gasteiger charge is -2.23. The van der Waals surface area contributed by atoms with Gasteiger partial charge >= 0.3 is 12.0 Å². The summed E-state index contributed by atoms with van der Waals surface area (Å²) in [5.41, 5.74) is 0. The molecule has 0 spiro atoms. The monoisotopic (exact) mass is 253 g/mol. The Morgan fingerprint density at radius 1 is 1.61 bits per heavy atom. The fraction of sp³-hybridized carbons (Fsp3) is 0.545. The minimum Gasteiger partial charge on any atom is -0.481 e. The predicted molar refractivity (Wildman–Crippen MR) is 60.7 cm³/mol. The van der Waals surface area contributed by atoms with E-state index in [9.17, 15) is 9.59 Å². The number of aromatic nitrogens is 1. The van der Waals surface area contributed by atoms with Crippen molar-refractivity contribution < 1.29 is 19.2 Å². The van der Waals surface area contributed by atoms with E-state index in [1.807, 2.05) is 0 Å². The number of likely N-dealkylation sites (tertiary alicyclic amines) is 1. The third-order valence-electron chi connectivity index (χ3n) is 2.95. The van der Waals surface area contributed by atoms with Crippen LogP contribution in [0.4, 0.5) is 4.79 Å². The number of carboxylic acid groups (broad SMARTS) is 1. The van der Waals surface area contributed by atoms with E-state index in [2.05, 4.69) is 10.5 Å². The molecule has 1 saturated heterocycles. The Morgan fingerprint density at radius 3 is 3.11 bits per heavy atom. The first-order valence-corrected chi connectivity index (χ1v) is 5.82. The highest BCUT2D eigenvalue weighted by Gasteiger charge is 2.30. The van der Waals surface area contributed by atoms with E-state index in [1.54, 1.807) is 11.0 Å². The van der Waals surface area contributed by atoms with Crippen LogP contribution < -0.4 is 5.32 Å². The minimum atomic E-state index is -0.880. The number of carbonyl (C=O) groups is 2. The fourth-order valence-corrected chi connectivity index (χ4v) is 2.11. The molecule has 0 radical (unpaired) electrons. The summed E-state index contributed by atoms with van der Waals surface area (Å²) in [6, 6.07) is 1.20. The Hall–Kier alpha value is -2.05. The molecule has 0 aliphatic carbocycles.